The number of hydrogen-bond donors (Lipinski definition) is 0. The Labute approximate surface area is 121 Å². The third kappa shape index (κ3) is 4.12. The molecule has 0 N–H and O–H groups in total. The molecule has 0 aromatic heterocycles. The van der Waals surface area contributed by atoms with Crippen LogP contribution in [0.5, 0.6) is 5.75 Å². The Morgan fingerprint density at radius 1 is 1.32 bits per heavy atom. The van der Waals surface area contributed by atoms with Crippen LogP contribution in [-0.4, -0.2) is 25.2 Å². The number of hydrogen-bond acceptors (Lipinski definition) is 2. The lowest BCUT2D eigenvalue weighted by atomic mass is 9.78. The van der Waals surface area contributed by atoms with Crippen LogP contribution in [-0.2, 0) is 11.2 Å². The van der Waals surface area contributed by atoms with Crippen molar-refractivity contribution in [1.29, 1.82) is 0 Å². The summed E-state index contributed by atoms with van der Waals surface area (Å²) in [5.41, 5.74) is 1.20. The molecule has 0 heterocycles. The van der Waals surface area contributed by atoms with Gasteiger partial charge in [-0.05, 0) is 50.2 Å². The van der Waals surface area contributed by atoms with Crippen molar-refractivity contribution in [3.8, 4) is 5.75 Å². The molecule has 2 rings (SSSR count). The number of methoxy groups -OCH3 is 1. The fourth-order valence-corrected chi connectivity index (χ4v) is 3.21. The van der Waals surface area contributed by atoms with Crippen LogP contribution in [0.1, 0.15) is 31.7 Å². The first-order chi connectivity index (χ1) is 9.22. The summed E-state index contributed by atoms with van der Waals surface area (Å²) in [6.45, 7) is 2.88. The molecule has 1 saturated carbocycles. The first kappa shape index (κ1) is 14.7. The molecule has 3 heteroatoms. The molecule has 0 bridgehead atoms. The summed E-state index contributed by atoms with van der Waals surface area (Å²) in [6, 6.07) is 8.12. The van der Waals surface area contributed by atoms with E-state index in [1.54, 1.807) is 7.11 Å². The summed E-state index contributed by atoms with van der Waals surface area (Å²) in [6.07, 6.45) is 4.77. The summed E-state index contributed by atoms with van der Waals surface area (Å²) in [5, 5.41) is 0.184. The molecular weight excluding hydrogens is 260 g/mol. The van der Waals surface area contributed by atoms with Crippen molar-refractivity contribution in [3.63, 3.8) is 0 Å². The Morgan fingerprint density at radius 2 is 2.05 bits per heavy atom. The SMILES string of the molecule is CCOC1CC(CC(Cl)Cc2ccccc2OC)C1. The van der Waals surface area contributed by atoms with Crippen LogP contribution in [0.15, 0.2) is 24.3 Å². The van der Waals surface area contributed by atoms with Crippen molar-refractivity contribution in [3.05, 3.63) is 29.8 Å². The van der Waals surface area contributed by atoms with Gasteiger partial charge in [0.25, 0.3) is 0 Å². The predicted molar refractivity (Wildman–Crippen MR) is 79.1 cm³/mol. The van der Waals surface area contributed by atoms with Gasteiger partial charge >= 0.3 is 0 Å². The van der Waals surface area contributed by atoms with Gasteiger partial charge in [-0.1, -0.05) is 18.2 Å². The summed E-state index contributed by atoms with van der Waals surface area (Å²) in [4.78, 5) is 0. The molecule has 106 valence electrons. The second kappa shape index (κ2) is 7.16. The topological polar surface area (TPSA) is 18.5 Å². The van der Waals surface area contributed by atoms with Gasteiger partial charge < -0.3 is 9.47 Å². The normalized spacial score (nSPS) is 23.7. The second-order valence-corrected chi connectivity index (χ2v) is 5.88. The lowest BCUT2D eigenvalue weighted by Gasteiger charge is -2.36. The molecule has 1 aromatic rings. The van der Waals surface area contributed by atoms with Gasteiger partial charge in [0, 0.05) is 12.0 Å². The average molecular weight is 283 g/mol. The molecule has 0 radical (unpaired) electrons. The first-order valence-corrected chi connectivity index (χ1v) is 7.54. The van der Waals surface area contributed by atoms with E-state index in [2.05, 4.69) is 13.0 Å². The zero-order chi connectivity index (χ0) is 13.7. The van der Waals surface area contributed by atoms with Crippen molar-refractivity contribution >= 4 is 11.6 Å². The highest BCUT2D eigenvalue weighted by atomic mass is 35.5. The average Bonchev–Trinajstić information content (AvgIpc) is 2.37. The molecule has 1 aromatic carbocycles. The second-order valence-electron chi connectivity index (χ2n) is 5.26. The number of ether oxygens (including phenoxy) is 2. The largest absolute Gasteiger partial charge is 0.496 e. The lowest BCUT2D eigenvalue weighted by Crippen LogP contribution is -2.33. The molecule has 0 spiro atoms. The van der Waals surface area contributed by atoms with Gasteiger partial charge in [-0.2, -0.15) is 0 Å². The molecule has 2 nitrogen and oxygen atoms in total. The van der Waals surface area contributed by atoms with Crippen LogP contribution in [0, 0.1) is 5.92 Å². The Kier molecular flexibility index (Phi) is 5.53. The van der Waals surface area contributed by atoms with Crippen LogP contribution in [0.2, 0.25) is 0 Å². The van der Waals surface area contributed by atoms with E-state index in [4.69, 9.17) is 21.1 Å². The van der Waals surface area contributed by atoms with Crippen LogP contribution < -0.4 is 4.74 Å². The maximum atomic E-state index is 6.48. The summed E-state index contributed by atoms with van der Waals surface area (Å²) in [5.74, 6) is 1.67. The zero-order valence-corrected chi connectivity index (χ0v) is 12.5. The quantitative estimate of drug-likeness (QED) is 0.703. The molecule has 1 aliphatic rings. The van der Waals surface area contributed by atoms with Crippen molar-refractivity contribution in [2.45, 2.75) is 44.1 Å². The predicted octanol–water partition coefficient (Wildman–Crippen LogP) is 4.05. The zero-order valence-electron chi connectivity index (χ0n) is 11.8. The van der Waals surface area contributed by atoms with Crippen molar-refractivity contribution in [2.75, 3.05) is 13.7 Å². The third-order valence-corrected chi connectivity index (χ3v) is 4.15. The van der Waals surface area contributed by atoms with Crippen LogP contribution in [0.25, 0.3) is 0 Å². The van der Waals surface area contributed by atoms with Gasteiger partial charge in [0.05, 0.1) is 13.2 Å². The lowest BCUT2D eigenvalue weighted by molar-refractivity contribution is -0.0266. The molecule has 1 atom stereocenters. The van der Waals surface area contributed by atoms with Crippen molar-refractivity contribution < 1.29 is 9.47 Å². The number of alkyl halides is 1. The maximum Gasteiger partial charge on any atom is 0.122 e. The highest BCUT2D eigenvalue weighted by Gasteiger charge is 2.31. The molecule has 0 aliphatic heterocycles. The van der Waals surface area contributed by atoms with E-state index in [0.29, 0.717) is 6.10 Å². The minimum absolute atomic E-state index is 0.184. The van der Waals surface area contributed by atoms with E-state index < -0.39 is 0 Å². The molecule has 1 fully saturated rings. The highest BCUT2D eigenvalue weighted by molar-refractivity contribution is 6.20. The minimum Gasteiger partial charge on any atom is -0.496 e. The molecule has 19 heavy (non-hydrogen) atoms. The number of benzene rings is 1. The van der Waals surface area contributed by atoms with Crippen LogP contribution in [0.3, 0.4) is 0 Å². The van der Waals surface area contributed by atoms with Crippen molar-refractivity contribution in [1.82, 2.24) is 0 Å². The Bertz CT molecular complexity index is 388. The standard InChI is InChI=1S/C16H23ClO2/c1-3-19-15-9-12(10-15)8-14(17)11-13-6-4-5-7-16(13)18-2/h4-7,12,14-15H,3,8-11H2,1-2H3. The van der Waals surface area contributed by atoms with Crippen LogP contribution >= 0.6 is 11.6 Å². The van der Waals surface area contributed by atoms with Gasteiger partial charge in [0.1, 0.15) is 5.75 Å². The van der Waals surface area contributed by atoms with E-state index in [1.807, 2.05) is 18.2 Å². The third-order valence-electron chi connectivity index (χ3n) is 3.82. The number of para-hydroxylation sites is 1. The summed E-state index contributed by atoms with van der Waals surface area (Å²) >= 11 is 6.48. The first-order valence-electron chi connectivity index (χ1n) is 7.10. The van der Waals surface area contributed by atoms with Crippen LogP contribution in [0.4, 0.5) is 0 Å². The smallest absolute Gasteiger partial charge is 0.122 e. The van der Waals surface area contributed by atoms with E-state index in [9.17, 15) is 0 Å². The van der Waals surface area contributed by atoms with Gasteiger partial charge in [0.15, 0.2) is 0 Å². The fourth-order valence-electron chi connectivity index (χ4n) is 2.79. The number of halogens is 1. The Hall–Kier alpha value is -0.730. The minimum atomic E-state index is 0.184. The Morgan fingerprint density at radius 3 is 2.74 bits per heavy atom. The van der Waals surface area contributed by atoms with Gasteiger partial charge in [-0.25, -0.2) is 0 Å². The van der Waals surface area contributed by atoms with Gasteiger partial charge in [-0.3, -0.25) is 0 Å². The molecular formula is C16H23ClO2. The maximum absolute atomic E-state index is 6.48. The Balaban J connectivity index is 1.77. The van der Waals surface area contributed by atoms with Gasteiger partial charge in [0.2, 0.25) is 0 Å². The van der Waals surface area contributed by atoms with E-state index in [1.165, 1.54) is 18.4 Å². The summed E-state index contributed by atoms with van der Waals surface area (Å²) < 4.78 is 10.9. The summed E-state index contributed by atoms with van der Waals surface area (Å²) in [7, 11) is 1.71. The van der Waals surface area contributed by atoms with E-state index in [-0.39, 0.29) is 5.38 Å². The van der Waals surface area contributed by atoms with Crippen molar-refractivity contribution in [2.24, 2.45) is 5.92 Å². The molecule has 1 unspecified atom stereocenters. The van der Waals surface area contributed by atoms with Gasteiger partial charge in [-0.15, -0.1) is 11.6 Å². The fraction of sp³-hybridized carbons (Fsp3) is 0.625. The highest BCUT2D eigenvalue weighted by Crippen LogP contribution is 2.35. The molecule has 1 aliphatic carbocycles. The molecule has 0 saturated heterocycles. The molecule has 0 amide bonds. The van der Waals surface area contributed by atoms with E-state index in [0.717, 1.165) is 31.1 Å². The number of rotatable bonds is 7. The monoisotopic (exact) mass is 282 g/mol. The van der Waals surface area contributed by atoms with E-state index >= 15 is 0 Å².